The van der Waals surface area contributed by atoms with E-state index in [0.29, 0.717) is 24.5 Å². The van der Waals surface area contributed by atoms with Gasteiger partial charge in [0.05, 0.1) is 36.1 Å². The fourth-order valence-electron chi connectivity index (χ4n) is 3.85. The SMILES string of the molecule is CNC(=O)CCCCC[C@H](NC(=O)c1nc[nH]n1)c1ncc(-c2cc3ccccc3nc2OC)[nH]1. The first-order chi connectivity index (χ1) is 17.1. The van der Waals surface area contributed by atoms with E-state index in [0.717, 1.165) is 41.4 Å². The van der Waals surface area contributed by atoms with Crippen LogP contribution in [-0.4, -0.2) is 56.1 Å². The number of aromatic amines is 2. The van der Waals surface area contributed by atoms with Gasteiger partial charge in [-0.15, -0.1) is 5.10 Å². The molecule has 11 nitrogen and oxygen atoms in total. The standard InChI is InChI=1S/C24H28N8O3/c1-25-20(33)11-5-3-4-10-18(30-23(34)22-27-14-28-32-22)21-26-13-19(29-21)16-12-15-8-6-7-9-17(15)31-24(16)35-2/h6-9,12-14,18H,3-5,10-11H2,1-2H3,(H,25,33)(H,26,29)(H,30,34)(H,27,28,32)/t18-/m0/s1. The highest BCUT2D eigenvalue weighted by Crippen LogP contribution is 2.31. The molecular weight excluding hydrogens is 448 g/mol. The molecule has 0 spiro atoms. The predicted octanol–water partition coefficient (Wildman–Crippen LogP) is 2.92. The highest BCUT2D eigenvalue weighted by Gasteiger charge is 2.22. The molecule has 0 saturated heterocycles. The number of unbranched alkanes of at least 4 members (excludes halogenated alkanes) is 2. The Bertz CT molecular complexity index is 1290. The van der Waals surface area contributed by atoms with Crippen molar-refractivity contribution in [2.24, 2.45) is 0 Å². The minimum Gasteiger partial charge on any atom is -0.480 e. The molecule has 0 aliphatic carbocycles. The van der Waals surface area contributed by atoms with E-state index in [1.807, 2.05) is 30.3 Å². The van der Waals surface area contributed by atoms with Crippen molar-refractivity contribution < 1.29 is 14.3 Å². The number of imidazole rings is 1. The maximum atomic E-state index is 12.6. The molecule has 3 heterocycles. The minimum atomic E-state index is -0.399. The van der Waals surface area contributed by atoms with Gasteiger partial charge in [-0.1, -0.05) is 31.0 Å². The Morgan fingerprint density at radius 1 is 1.14 bits per heavy atom. The summed E-state index contributed by atoms with van der Waals surface area (Å²) in [5.74, 6) is 0.763. The van der Waals surface area contributed by atoms with Gasteiger partial charge >= 0.3 is 0 Å². The Hall–Kier alpha value is -4.28. The number of carbonyl (C=O) groups excluding carboxylic acids is 2. The number of aromatic nitrogens is 6. The third-order valence-corrected chi connectivity index (χ3v) is 5.70. The summed E-state index contributed by atoms with van der Waals surface area (Å²) in [6, 6.07) is 9.41. The maximum absolute atomic E-state index is 12.6. The number of amides is 2. The van der Waals surface area contributed by atoms with E-state index in [-0.39, 0.29) is 11.7 Å². The van der Waals surface area contributed by atoms with Crippen molar-refractivity contribution in [2.45, 2.75) is 38.1 Å². The molecule has 35 heavy (non-hydrogen) atoms. The lowest BCUT2D eigenvalue weighted by Gasteiger charge is -2.16. The van der Waals surface area contributed by atoms with Crippen molar-refractivity contribution in [2.75, 3.05) is 14.2 Å². The van der Waals surface area contributed by atoms with Crippen LogP contribution in [0.25, 0.3) is 22.2 Å². The van der Waals surface area contributed by atoms with Crippen LogP contribution < -0.4 is 15.4 Å². The molecule has 2 amide bonds. The number of rotatable bonds is 11. The van der Waals surface area contributed by atoms with Crippen molar-refractivity contribution in [1.29, 1.82) is 0 Å². The molecule has 4 rings (SSSR count). The normalized spacial score (nSPS) is 11.8. The van der Waals surface area contributed by atoms with Crippen LogP contribution in [0, 0.1) is 0 Å². The topological polar surface area (TPSA) is 151 Å². The molecule has 0 bridgehead atoms. The van der Waals surface area contributed by atoms with E-state index in [1.165, 1.54) is 6.33 Å². The van der Waals surface area contributed by atoms with E-state index in [9.17, 15) is 9.59 Å². The number of ether oxygens (including phenoxy) is 1. The molecule has 0 aliphatic heterocycles. The highest BCUT2D eigenvalue weighted by molar-refractivity contribution is 5.90. The zero-order valence-corrected chi connectivity index (χ0v) is 19.7. The Morgan fingerprint density at radius 3 is 2.77 bits per heavy atom. The molecule has 4 aromatic rings. The van der Waals surface area contributed by atoms with Gasteiger partial charge in [-0.25, -0.2) is 15.0 Å². The molecule has 0 unspecified atom stereocenters. The van der Waals surface area contributed by atoms with Gasteiger partial charge in [0.15, 0.2) is 0 Å². The summed E-state index contributed by atoms with van der Waals surface area (Å²) in [5, 5.41) is 13.0. The molecule has 0 saturated carbocycles. The minimum absolute atomic E-state index is 0.0214. The van der Waals surface area contributed by atoms with Gasteiger partial charge in [-0.3, -0.25) is 14.7 Å². The summed E-state index contributed by atoms with van der Waals surface area (Å²) in [7, 11) is 3.21. The summed E-state index contributed by atoms with van der Waals surface area (Å²) in [6.45, 7) is 0. The number of para-hydroxylation sites is 1. The van der Waals surface area contributed by atoms with E-state index in [1.54, 1.807) is 20.4 Å². The van der Waals surface area contributed by atoms with Crippen LogP contribution in [-0.2, 0) is 4.79 Å². The van der Waals surface area contributed by atoms with Gasteiger partial charge in [0.2, 0.25) is 17.6 Å². The van der Waals surface area contributed by atoms with Gasteiger partial charge < -0.3 is 20.4 Å². The summed E-state index contributed by atoms with van der Waals surface area (Å²) >= 11 is 0. The number of benzene rings is 1. The molecule has 1 atom stereocenters. The molecule has 3 aromatic heterocycles. The van der Waals surface area contributed by atoms with E-state index < -0.39 is 11.9 Å². The number of carbonyl (C=O) groups is 2. The van der Waals surface area contributed by atoms with Crippen molar-refractivity contribution in [1.82, 2.24) is 40.8 Å². The van der Waals surface area contributed by atoms with Crippen molar-refractivity contribution in [3.05, 3.63) is 54.5 Å². The molecule has 0 aliphatic rings. The molecule has 1 aromatic carbocycles. The number of methoxy groups -OCH3 is 1. The van der Waals surface area contributed by atoms with E-state index in [2.05, 4.69) is 40.8 Å². The third-order valence-electron chi connectivity index (χ3n) is 5.70. The van der Waals surface area contributed by atoms with Gasteiger partial charge in [-0.05, 0) is 25.0 Å². The summed E-state index contributed by atoms with van der Waals surface area (Å²) in [5.41, 5.74) is 2.34. The molecule has 11 heteroatoms. The first-order valence-electron chi connectivity index (χ1n) is 11.4. The van der Waals surface area contributed by atoms with Crippen LogP contribution in [0.4, 0.5) is 0 Å². The molecule has 0 fully saturated rings. The quantitative estimate of drug-likeness (QED) is 0.243. The van der Waals surface area contributed by atoms with Crippen LogP contribution in [0.15, 0.2) is 42.9 Å². The average molecular weight is 477 g/mol. The van der Waals surface area contributed by atoms with Crippen LogP contribution >= 0.6 is 0 Å². The summed E-state index contributed by atoms with van der Waals surface area (Å²) in [4.78, 5) is 40.5. The lowest BCUT2D eigenvalue weighted by atomic mass is 10.1. The van der Waals surface area contributed by atoms with Crippen molar-refractivity contribution >= 4 is 22.7 Å². The molecule has 182 valence electrons. The first-order valence-corrected chi connectivity index (χ1v) is 11.4. The number of H-pyrrole nitrogens is 2. The van der Waals surface area contributed by atoms with Crippen LogP contribution in [0.5, 0.6) is 5.88 Å². The van der Waals surface area contributed by atoms with Crippen LogP contribution in [0.3, 0.4) is 0 Å². The number of nitrogens with zero attached hydrogens (tertiary/aromatic N) is 4. The highest BCUT2D eigenvalue weighted by atomic mass is 16.5. The summed E-state index contributed by atoms with van der Waals surface area (Å²) < 4.78 is 5.53. The smallest absolute Gasteiger partial charge is 0.291 e. The lowest BCUT2D eigenvalue weighted by Crippen LogP contribution is -2.30. The average Bonchev–Trinajstić information content (AvgIpc) is 3.59. The second-order valence-corrected chi connectivity index (χ2v) is 8.04. The third kappa shape index (κ3) is 5.81. The Morgan fingerprint density at radius 2 is 2.00 bits per heavy atom. The summed E-state index contributed by atoms with van der Waals surface area (Å²) in [6.07, 6.45) is 6.58. The molecule has 4 N–H and O–H groups in total. The fourth-order valence-corrected chi connectivity index (χ4v) is 3.85. The second kappa shape index (κ2) is 11.2. The van der Waals surface area contributed by atoms with Crippen molar-refractivity contribution in [3.63, 3.8) is 0 Å². The van der Waals surface area contributed by atoms with E-state index in [4.69, 9.17) is 4.74 Å². The zero-order valence-electron chi connectivity index (χ0n) is 19.7. The monoisotopic (exact) mass is 476 g/mol. The van der Waals surface area contributed by atoms with Crippen LogP contribution in [0.1, 0.15) is 54.6 Å². The van der Waals surface area contributed by atoms with Gasteiger partial charge in [0.25, 0.3) is 5.91 Å². The second-order valence-electron chi connectivity index (χ2n) is 8.04. The zero-order chi connectivity index (χ0) is 24.6. The largest absolute Gasteiger partial charge is 0.480 e. The van der Waals surface area contributed by atoms with Gasteiger partial charge in [-0.2, -0.15) is 0 Å². The predicted molar refractivity (Wildman–Crippen MR) is 130 cm³/mol. The maximum Gasteiger partial charge on any atom is 0.291 e. The van der Waals surface area contributed by atoms with Crippen LogP contribution in [0.2, 0.25) is 0 Å². The van der Waals surface area contributed by atoms with Gasteiger partial charge in [0.1, 0.15) is 12.2 Å². The Labute approximate surface area is 202 Å². The number of nitrogens with one attached hydrogen (secondary N) is 4. The van der Waals surface area contributed by atoms with E-state index >= 15 is 0 Å². The fraction of sp³-hybridized carbons (Fsp3) is 0.333. The number of hydrogen-bond acceptors (Lipinski definition) is 7. The first kappa shape index (κ1) is 23.9. The number of fused-ring (bicyclic) bond motifs is 1. The number of pyridine rings is 1. The molecule has 0 radical (unpaired) electrons. The number of hydrogen-bond donors (Lipinski definition) is 4. The van der Waals surface area contributed by atoms with Gasteiger partial charge in [0, 0.05) is 18.9 Å². The molecular formula is C24H28N8O3. The Balaban J connectivity index is 1.54. The van der Waals surface area contributed by atoms with Crippen molar-refractivity contribution in [3.8, 4) is 17.1 Å². The Kier molecular flexibility index (Phi) is 7.66. The lowest BCUT2D eigenvalue weighted by molar-refractivity contribution is -0.120.